The fourth-order valence-electron chi connectivity index (χ4n) is 2.40. The van der Waals surface area contributed by atoms with Crippen LogP contribution in [0, 0.1) is 19.3 Å². The highest BCUT2D eigenvalue weighted by Gasteiger charge is 2.57. The van der Waals surface area contributed by atoms with Crippen molar-refractivity contribution in [2.24, 2.45) is 0 Å². The Balaban J connectivity index is 2.61. The average molecular weight is 315 g/mol. The van der Waals surface area contributed by atoms with Crippen LogP contribution in [-0.2, 0) is 4.74 Å². The summed E-state index contributed by atoms with van der Waals surface area (Å²) in [6.45, 7) is 2.92. The third-order valence-corrected chi connectivity index (χ3v) is 4.01. The van der Waals surface area contributed by atoms with Crippen LogP contribution in [0.4, 0.5) is 0 Å². The summed E-state index contributed by atoms with van der Waals surface area (Å²) in [6.07, 6.45) is 0.686. The van der Waals surface area contributed by atoms with Crippen molar-refractivity contribution in [3.8, 4) is 12.3 Å². The maximum absolute atomic E-state index is 12.0. The molecule has 0 bridgehead atoms. The summed E-state index contributed by atoms with van der Waals surface area (Å²) in [7, 11) is 0. The first-order valence-electron chi connectivity index (χ1n) is 6.23. The molecule has 5 atom stereocenters. The van der Waals surface area contributed by atoms with E-state index in [2.05, 4.69) is 10.9 Å². The van der Waals surface area contributed by atoms with Gasteiger partial charge >= 0.3 is 5.69 Å². The van der Waals surface area contributed by atoms with Crippen LogP contribution in [0.1, 0.15) is 18.8 Å². The van der Waals surface area contributed by atoms with Gasteiger partial charge in [0.25, 0.3) is 5.56 Å². The first-order chi connectivity index (χ1) is 9.72. The molecule has 0 aromatic carbocycles. The third kappa shape index (κ3) is 2.40. The number of aryl methyl sites for hydroxylation is 1. The number of hydrogen-bond donors (Lipinski definition) is 3. The van der Waals surface area contributed by atoms with Crippen LogP contribution < -0.4 is 11.2 Å². The van der Waals surface area contributed by atoms with Crippen LogP contribution in [0.25, 0.3) is 0 Å². The monoisotopic (exact) mass is 314 g/mol. The number of nitrogens with one attached hydrogen (secondary N) is 1. The van der Waals surface area contributed by atoms with Crippen molar-refractivity contribution in [1.29, 1.82) is 0 Å². The molecule has 1 unspecified atom stereocenters. The van der Waals surface area contributed by atoms with Gasteiger partial charge in [-0.1, -0.05) is 17.5 Å². The molecular formula is C13H15ClN2O5. The highest BCUT2D eigenvalue weighted by Crippen LogP contribution is 2.43. The van der Waals surface area contributed by atoms with Gasteiger partial charge in [0, 0.05) is 11.8 Å². The van der Waals surface area contributed by atoms with E-state index in [9.17, 15) is 19.8 Å². The number of aromatic amines is 1. The van der Waals surface area contributed by atoms with Gasteiger partial charge < -0.3 is 14.9 Å². The Kier molecular flexibility index (Phi) is 4.00. The number of hydrogen-bond acceptors (Lipinski definition) is 5. The first kappa shape index (κ1) is 15.8. The van der Waals surface area contributed by atoms with Crippen molar-refractivity contribution in [1.82, 2.24) is 9.55 Å². The number of aliphatic hydroxyl groups excluding tert-OH is 2. The maximum Gasteiger partial charge on any atom is 0.330 e. The number of halogens is 1. The molecule has 2 rings (SSSR count). The second-order valence-electron chi connectivity index (χ2n) is 5.00. The van der Waals surface area contributed by atoms with E-state index in [0.717, 1.165) is 4.57 Å². The molecule has 1 saturated heterocycles. The standard InChI is InChI=1S/C13H15ClN2O5/c1-4-13(14)10(19)9(7(3)17)21-11(13)16-6(2)5-8(18)15-12(16)20/h1,5,7,9-11,17,19H,2-3H3,(H,15,18,20)/t7-,9-,10?,11-,13-/m1/s1. The highest BCUT2D eigenvalue weighted by molar-refractivity contribution is 6.27. The van der Waals surface area contributed by atoms with E-state index in [4.69, 9.17) is 22.8 Å². The molecule has 1 fully saturated rings. The smallest absolute Gasteiger partial charge is 0.330 e. The molecule has 0 aliphatic carbocycles. The number of rotatable bonds is 2. The van der Waals surface area contributed by atoms with Gasteiger partial charge in [0.05, 0.1) is 6.10 Å². The number of ether oxygens (including phenoxy) is 1. The van der Waals surface area contributed by atoms with Crippen LogP contribution >= 0.6 is 11.6 Å². The minimum Gasteiger partial charge on any atom is -0.391 e. The van der Waals surface area contributed by atoms with Crippen molar-refractivity contribution in [2.45, 2.75) is 43.3 Å². The number of terminal acetylenes is 1. The lowest BCUT2D eigenvalue weighted by molar-refractivity contribution is -0.0778. The lowest BCUT2D eigenvalue weighted by atomic mass is 9.97. The quantitative estimate of drug-likeness (QED) is 0.484. The van der Waals surface area contributed by atoms with Crippen LogP contribution in [0.3, 0.4) is 0 Å². The molecule has 2 heterocycles. The van der Waals surface area contributed by atoms with Crippen molar-refractivity contribution >= 4 is 11.6 Å². The molecule has 1 aliphatic heterocycles. The highest BCUT2D eigenvalue weighted by atomic mass is 35.5. The van der Waals surface area contributed by atoms with E-state index in [0.29, 0.717) is 0 Å². The summed E-state index contributed by atoms with van der Waals surface area (Å²) in [6, 6.07) is 1.18. The average Bonchev–Trinajstić information content (AvgIpc) is 2.63. The number of aromatic nitrogens is 2. The van der Waals surface area contributed by atoms with E-state index in [1.54, 1.807) is 0 Å². The predicted octanol–water partition coefficient (Wildman–Crippen LogP) is -0.905. The summed E-state index contributed by atoms with van der Waals surface area (Å²) < 4.78 is 6.55. The van der Waals surface area contributed by atoms with Crippen LogP contribution in [0.15, 0.2) is 15.7 Å². The van der Waals surface area contributed by atoms with E-state index >= 15 is 0 Å². The molecule has 1 aromatic heterocycles. The number of aliphatic hydroxyl groups is 2. The van der Waals surface area contributed by atoms with Gasteiger partial charge in [-0.2, -0.15) is 0 Å². The summed E-state index contributed by atoms with van der Waals surface area (Å²) in [5.74, 6) is 2.22. The molecule has 3 N–H and O–H groups in total. The Morgan fingerprint density at radius 3 is 2.71 bits per heavy atom. The van der Waals surface area contributed by atoms with Gasteiger partial charge in [-0.15, -0.1) is 6.42 Å². The Hall–Kier alpha value is -1.59. The fraction of sp³-hybridized carbons (Fsp3) is 0.538. The zero-order valence-electron chi connectivity index (χ0n) is 11.4. The molecule has 0 amide bonds. The molecule has 1 aromatic rings. The molecule has 1 aliphatic rings. The van der Waals surface area contributed by atoms with E-state index < -0.39 is 40.7 Å². The van der Waals surface area contributed by atoms with E-state index in [1.165, 1.54) is 19.9 Å². The van der Waals surface area contributed by atoms with Gasteiger partial charge in [0.2, 0.25) is 0 Å². The van der Waals surface area contributed by atoms with Gasteiger partial charge in [0.15, 0.2) is 11.1 Å². The Labute approximate surface area is 125 Å². The molecular weight excluding hydrogens is 300 g/mol. The lowest BCUT2D eigenvalue weighted by Gasteiger charge is -2.26. The SMILES string of the molecule is C#C[C@@]1(Cl)C(O)[C@@H]([C@@H](C)O)O[C@H]1n1c(C)cc(=O)[nH]c1=O. The first-order valence-corrected chi connectivity index (χ1v) is 6.61. The predicted molar refractivity (Wildman–Crippen MR) is 75.1 cm³/mol. The van der Waals surface area contributed by atoms with Gasteiger partial charge in [-0.05, 0) is 13.8 Å². The number of alkyl halides is 1. The Morgan fingerprint density at radius 1 is 1.62 bits per heavy atom. The third-order valence-electron chi connectivity index (χ3n) is 3.49. The van der Waals surface area contributed by atoms with Crippen molar-refractivity contribution in [3.05, 3.63) is 32.6 Å². The van der Waals surface area contributed by atoms with Crippen LogP contribution in [0.5, 0.6) is 0 Å². The summed E-state index contributed by atoms with van der Waals surface area (Å²) in [4.78, 5) is 23.6. The Bertz CT molecular complexity index is 704. The maximum atomic E-state index is 12.0. The van der Waals surface area contributed by atoms with Gasteiger partial charge in [-0.25, -0.2) is 4.79 Å². The van der Waals surface area contributed by atoms with Gasteiger partial charge in [-0.3, -0.25) is 14.3 Å². The largest absolute Gasteiger partial charge is 0.391 e. The summed E-state index contributed by atoms with van der Waals surface area (Å²) >= 11 is 6.25. The lowest BCUT2D eigenvalue weighted by Crippen LogP contribution is -2.45. The van der Waals surface area contributed by atoms with Crippen LogP contribution in [0.2, 0.25) is 0 Å². The zero-order valence-corrected chi connectivity index (χ0v) is 12.2. The number of nitrogens with zero attached hydrogens (tertiary/aromatic N) is 1. The molecule has 0 spiro atoms. The molecule has 0 saturated carbocycles. The van der Waals surface area contributed by atoms with Crippen molar-refractivity contribution in [2.75, 3.05) is 0 Å². The van der Waals surface area contributed by atoms with Crippen molar-refractivity contribution < 1.29 is 14.9 Å². The topological polar surface area (TPSA) is 105 Å². The summed E-state index contributed by atoms with van der Waals surface area (Å²) in [5, 5.41) is 19.8. The fourth-order valence-corrected chi connectivity index (χ4v) is 2.68. The Morgan fingerprint density at radius 2 is 2.24 bits per heavy atom. The van der Waals surface area contributed by atoms with E-state index in [1.807, 2.05) is 0 Å². The molecule has 21 heavy (non-hydrogen) atoms. The summed E-state index contributed by atoms with van der Waals surface area (Å²) in [5.41, 5.74) is -1.06. The van der Waals surface area contributed by atoms with Crippen molar-refractivity contribution in [3.63, 3.8) is 0 Å². The minimum absolute atomic E-state index is 0.271. The normalized spacial score (nSPS) is 33.6. The second kappa shape index (κ2) is 5.31. The minimum atomic E-state index is -1.74. The van der Waals surface area contributed by atoms with Crippen LogP contribution in [-0.4, -0.2) is 43.0 Å². The van der Waals surface area contributed by atoms with E-state index in [-0.39, 0.29) is 5.69 Å². The molecule has 0 radical (unpaired) electrons. The zero-order chi connectivity index (χ0) is 15.9. The number of H-pyrrole nitrogens is 1. The second-order valence-corrected chi connectivity index (χ2v) is 5.63. The molecule has 8 heteroatoms. The molecule has 114 valence electrons. The molecule has 7 nitrogen and oxygen atoms in total. The van der Waals surface area contributed by atoms with Gasteiger partial charge in [0.1, 0.15) is 12.2 Å².